The summed E-state index contributed by atoms with van der Waals surface area (Å²) in [6.07, 6.45) is -18.1. The maximum atomic E-state index is 14.3. The molecule has 0 saturated heterocycles. The first-order valence-corrected chi connectivity index (χ1v) is 11.7. The Labute approximate surface area is 230 Å². The normalized spacial score (nSPS) is 14.5. The fourth-order valence-electron chi connectivity index (χ4n) is 3.31. The molecule has 1 amide bonds. The van der Waals surface area contributed by atoms with Gasteiger partial charge >= 0.3 is 30.2 Å². The molecule has 3 N–H and O–H groups in total. The quantitative estimate of drug-likeness (QED) is 0.168. The van der Waals surface area contributed by atoms with Crippen molar-refractivity contribution < 1.29 is 58.9 Å². The lowest BCUT2D eigenvalue weighted by atomic mass is 9.92. The number of methoxy groups -OCH3 is 1. The first kappa shape index (κ1) is 31.5. The number of amides is 1. The van der Waals surface area contributed by atoms with Gasteiger partial charge in [0, 0.05) is 10.6 Å². The third kappa shape index (κ3) is 5.46. The van der Waals surface area contributed by atoms with Crippen molar-refractivity contribution in [3.8, 4) is 0 Å². The van der Waals surface area contributed by atoms with Gasteiger partial charge in [-0.3, -0.25) is 4.79 Å². The molecule has 0 aliphatic rings. The molecule has 0 aliphatic carbocycles. The van der Waals surface area contributed by atoms with Gasteiger partial charge in [-0.2, -0.15) is 39.5 Å². The van der Waals surface area contributed by atoms with Crippen molar-refractivity contribution in [2.24, 2.45) is 0 Å². The summed E-state index contributed by atoms with van der Waals surface area (Å²) >= 11 is 11.6. The fraction of sp³-hybridized carbons (Fsp3) is 0.286. The smallest absolute Gasteiger partial charge is 0.442 e. The average Bonchev–Trinajstić information content (AvgIpc) is 3.21. The van der Waals surface area contributed by atoms with E-state index >= 15 is 0 Å². The summed E-state index contributed by atoms with van der Waals surface area (Å²) in [4.78, 5) is 28.8. The Hall–Kier alpha value is -3.02. The van der Waals surface area contributed by atoms with Crippen LogP contribution in [0.15, 0.2) is 36.4 Å². The zero-order chi connectivity index (χ0) is 30.5. The molecule has 19 heteroatoms. The van der Waals surface area contributed by atoms with Crippen LogP contribution in [0.25, 0.3) is 10.2 Å². The summed E-state index contributed by atoms with van der Waals surface area (Å²) in [6.45, 7) is 0. The molecule has 0 unspecified atom stereocenters. The number of benzene rings is 2. The number of thiazole rings is 1. The van der Waals surface area contributed by atoms with Gasteiger partial charge in [-0.25, -0.2) is 9.78 Å². The first-order chi connectivity index (χ1) is 18.2. The Balaban J connectivity index is 2.12. The van der Waals surface area contributed by atoms with Crippen molar-refractivity contribution in [2.45, 2.75) is 29.8 Å². The number of carbonyl (C=O) groups is 2. The number of nitrogens with one attached hydrogen (secondary N) is 2. The molecule has 3 rings (SSSR count). The van der Waals surface area contributed by atoms with Crippen LogP contribution < -0.4 is 10.6 Å². The molecule has 0 aliphatic heterocycles. The molecule has 218 valence electrons. The number of hydrogen-bond donors (Lipinski definition) is 3. The largest absolute Gasteiger partial charge is 0.466 e. The molecule has 0 radical (unpaired) electrons. The minimum Gasteiger partial charge on any atom is -0.466 e. The highest BCUT2D eigenvalue weighted by molar-refractivity contribution is 7.22. The molecule has 3 aromatic rings. The van der Waals surface area contributed by atoms with E-state index in [4.69, 9.17) is 23.2 Å². The highest BCUT2D eigenvalue weighted by Crippen LogP contribution is 2.50. The van der Waals surface area contributed by atoms with Crippen molar-refractivity contribution in [2.75, 3.05) is 12.4 Å². The Bertz CT molecular complexity index is 1450. The number of aliphatic hydroxyl groups is 1. The number of ether oxygens (including phenoxy) is 1. The van der Waals surface area contributed by atoms with Crippen LogP contribution in [-0.2, 0) is 15.1 Å². The molecule has 2 aromatic carbocycles. The second kappa shape index (κ2) is 10.4. The SMILES string of the molecule is COC(=O)[C@](NC(=O)c1ccc(Cl)cc1Cl)(Nc1nc2ccc(C(O)(C(F)(F)F)C(F)(F)F)cc2s1)C(F)(F)F. The van der Waals surface area contributed by atoms with Crippen LogP contribution in [0.4, 0.5) is 44.6 Å². The lowest BCUT2D eigenvalue weighted by Crippen LogP contribution is -2.69. The minimum atomic E-state index is -6.23. The summed E-state index contributed by atoms with van der Waals surface area (Å²) < 4.78 is 126. The molecule has 0 bridgehead atoms. The van der Waals surface area contributed by atoms with Gasteiger partial charge in [-0.15, -0.1) is 0 Å². The number of esters is 1. The molecule has 0 saturated carbocycles. The second-order valence-electron chi connectivity index (χ2n) is 7.85. The van der Waals surface area contributed by atoms with Gasteiger partial charge in [0.2, 0.25) is 0 Å². The van der Waals surface area contributed by atoms with Gasteiger partial charge in [0.15, 0.2) is 5.13 Å². The van der Waals surface area contributed by atoms with Crippen LogP contribution in [0.5, 0.6) is 0 Å². The highest BCUT2D eigenvalue weighted by Gasteiger charge is 2.71. The lowest BCUT2D eigenvalue weighted by molar-refractivity contribution is -0.376. The van der Waals surface area contributed by atoms with Gasteiger partial charge in [0.05, 0.1) is 27.9 Å². The minimum absolute atomic E-state index is 0.0199. The number of fused-ring (bicyclic) bond motifs is 1. The van der Waals surface area contributed by atoms with E-state index in [2.05, 4.69) is 9.72 Å². The van der Waals surface area contributed by atoms with E-state index in [1.165, 1.54) is 5.32 Å². The number of aromatic nitrogens is 1. The molecular formula is C21H12Cl2F9N3O4S. The molecule has 1 atom stereocenters. The number of alkyl halides is 9. The average molecular weight is 644 g/mol. The van der Waals surface area contributed by atoms with E-state index < -0.39 is 73.2 Å². The highest BCUT2D eigenvalue weighted by atomic mass is 35.5. The standard InChI is InChI=1S/C21H12Cl2F9N3O4S/c1-39-15(37)18(21(30,31)32,34-14(36)10-4-3-9(22)7-11(10)23)35-16-33-12-5-2-8(6-13(12)40-16)17(38,19(24,25)26)20(27,28)29/h2-7,38H,1H3,(H,33,35)(H,34,36)/t18-/m0/s1. The van der Waals surface area contributed by atoms with Gasteiger partial charge in [-0.05, 0) is 30.3 Å². The number of hydrogen-bond acceptors (Lipinski definition) is 7. The molecule has 7 nitrogen and oxygen atoms in total. The van der Waals surface area contributed by atoms with E-state index in [1.54, 1.807) is 5.32 Å². The van der Waals surface area contributed by atoms with Gasteiger partial charge < -0.3 is 20.5 Å². The van der Waals surface area contributed by atoms with Crippen molar-refractivity contribution in [1.82, 2.24) is 10.3 Å². The van der Waals surface area contributed by atoms with Crippen molar-refractivity contribution in [3.05, 3.63) is 57.6 Å². The van der Waals surface area contributed by atoms with Crippen LogP contribution in [-0.4, -0.2) is 53.3 Å². The van der Waals surface area contributed by atoms with E-state index in [-0.39, 0.29) is 28.5 Å². The summed E-state index contributed by atoms with van der Waals surface area (Å²) in [5, 5.41) is 11.4. The zero-order valence-electron chi connectivity index (χ0n) is 19.1. The molecule has 40 heavy (non-hydrogen) atoms. The van der Waals surface area contributed by atoms with E-state index in [0.717, 1.165) is 18.2 Å². The summed E-state index contributed by atoms with van der Waals surface area (Å²) in [5.74, 6) is -3.68. The van der Waals surface area contributed by atoms with E-state index in [1.807, 2.05) is 0 Å². The number of carbonyl (C=O) groups excluding carboxylic acids is 2. The Morgan fingerprint density at radius 1 is 0.925 bits per heavy atom. The topological polar surface area (TPSA) is 101 Å². The van der Waals surface area contributed by atoms with Crippen molar-refractivity contribution in [3.63, 3.8) is 0 Å². The molecule has 0 spiro atoms. The summed E-state index contributed by atoms with van der Waals surface area (Å²) in [5.41, 5.74) is -12.1. The van der Waals surface area contributed by atoms with Gasteiger partial charge in [-0.1, -0.05) is 40.6 Å². The lowest BCUT2D eigenvalue weighted by Gasteiger charge is -2.34. The van der Waals surface area contributed by atoms with E-state index in [0.29, 0.717) is 13.2 Å². The van der Waals surface area contributed by atoms with Gasteiger partial charge in [0.25, 0.3) is 11.5 Å². The van der Waals surface area contributed by atoms with Crippen LogP contribution in [0.3, 0.4) is 0 Å². The fourth-order valence-corrected chi connectivity index (χ4v) is 4.76. The zero-order valence-corrected chi connectivity index (χ0v) is 21.5. The van der Waals surface area contributed by atoms with Crippen LogP contribution >= 0.6 is 34.5 Å². The summed E-state index contributed by atoms with van der Waals surface area (Å²) in [6, 6.07) is 4.10. The Morgan fingerprint density at radius 2 is 1.52 bits per heavy atom. The maximum absolute atomic E-state index is 14.3. The Morgan fingerprint density at radius 3 is 2.02 bits per heavy atom. The number of anilines is 1. The summed E-state index contributed by atoms with van der Waals surface area (Å²) in [7, 11) is 0.547. The number of nitrogens with zero attached hydrogens (tertiary/aromatic N) is 1. The molecule has 1 aromatic heterocycles. The predicted molar refractivity (Wildman–Crippen MR) is 124 cm³/mol. The van der Waals surface area contributed by atoms with Crippen molar-refractivity contribution >= 4 is 61.8 Å². The predicted octanol–water partition coefficient (Wildman–Crippen LogP) is 6.19. The van der Waals surface area contributed by atoms with Crippen molar-refractivity contribution in [1.29, 1.82) is 0 Å². The maximum Gasteiger partial charge on any atom is 0.442 e. The third-order valence-corrected chi connectivity index (χ3v) is 6.80. The molecule has 0 fully saturated rings. The molecule has 1 heterocycles. The second-order valence-corrected chi connectivity index (χ2v) is 9.72. The van der Waals surface area contributed by atoms with Crippen LogP contribution in [0.1, 0.15) is 15.9 Å². The van der Waals surface area contributed by atoms with Gasteiger partial charge in [0.1, 0.15) is 0 Å². The third-order valence-electron chi connectivity index (χ3n) is 5.31. The van der Waals surface area contributed by atoms with E-state index in [9.17, 15) is 54.2 Å². The number of halogens is 11. The Kier molecular flexibility index (Phi) is 8.21. The van der Waals surface area contributed by atoms with Crippen LogP contribution in [0, 0.1) is 0 Å². The van der Waals surface area contributed by atoms with Crippen LogP contribution in [0.2, 0.25) is 10.0 Å². The monoisotopic (exact) mass is 643 g/mol. The number of rotatable bonds is 6. The molecular weight excluding hydrogens is 632 g/mol. The first-order valence-electron chi connectivity index (χ1n) is 10.2.